The lowest BCUT2D eigenvalue weighted by Crippen LogP contribution is -2.58. The second-order valence-electron chi connectivity index (χ2n) is 12.2. The maximum Gasteiger partial charge on any atom is 0.214 e. The van der Waals surface area contributed by atoms with Crippen LogP contribution in [0.1, 0.15) is 77.2 Å². The van der Waals surface area contributed by atoms with Gasteiger partial charge in [0.05, 0.1) is 17.5 Å². The molecule has 184 valence electrons. The molecule has 4 aliphatic carbocycles. The summed E-state index contributed by atoms with van der Waals surface area (Å²) in [6.07, 6.45) is 8.60. The molecule has 4 fully saturated rings. The van der Waals surface area contributed by atoms with Crippen molar-refractivity contribution < 1.29 is 18.6 Å². The fraction of sp³-hybridized carbons (Fsp3) is 0.778. The van der Waals surface area contributed by atoms with Gasteiger partial charge in [0, 0.05) is 12.0 Å². The third-order valence-corrected chi connectivity index (χ3v) is 12.2. The first-order chi connectivity index (χ1) is 15.6. The molecule has 0 saturated heterocycles. The van der Waals surface area contributed by atoms with E-state index < -0.39 is 15.6 Å². The molecule has 0 unspecified atom stereocenters. The van der Waals surface area contributed by atoms with Gasteiger partial charge in [-0.2, -0.15) is 0 Å². The van der Waals surface area contributed by atoms with Gasteiger partial charge >= 0.3 is 0 Å². The summed E-state index contributed by atoms with van der Waals surface area (Å²) in [4.78, 5) is 0. The normalized spacial score (nSPS) is 45.2. The van der Waals surface area contributed by atoms with Crippen molar-refractivity contribution in [3.8, 4) is 0 Å². The van der Waals surface area contributed by atoms with Crippen molar-refractivity contribution in [2.24, 2.45) is 34.5 Å². The average molecular weight is 476 g/mol. The Kier molecular flexibility index (Phi) is 5.99. The van der Waals surface area contributed by atoms with Crippen LogP contribution >= 0.6 is 0 Å². The van der Waals surface area contributed by atoms with Crippen molar-refractivity contribution in [2.45, 2.75) is 89.9 Å². The van der Waals surface area contributed by atoms with Gasteiger partial charge in [0.2, 0.25) is 10.0 Å². The highest BCUT2D eigenvalue weighted by Gasteiger charge is 2.65. The molecule has 0 aliphatic heterocycles. The van der Waals surface area contributed by atoms with E-state index in [1.807, 2.05) is 30.3 Å². The summed E-state index contributed by atoms with van der Waals surface area (Å²) in [6.45, 7) is 4.89. The summed E-state index contributed by atoms with van der Waals surface area (Å²) < 4.78 is 28.8. The van der Waals surface area contributed by atoms with Crippen molar-refractivity contribution in [2.75, 3.05) is 5.75 Å². The number of nitrogens with one attached hydrogen (secondary N) is 1. The van der Waals surface area contributed by atoms with Gasteiger partial charge in [-0.05, 0) is 92.4 Å². The zero-order chi connectivity index (χ0) is 23.5. The maximum atomic E-state index is 13.0. The van der Waals surface area contributed by atoms with Gasteiger partial charge < -0.3 is 10.2 Å². The Morgan fingerprint density at radius 2 is 1.70 bits per heavy atom. The second-order valence-corrected chi connectivity index (χ2v) is 14.0. The number of benzene rings is 1. The zero-order valence-electron chi connectivity index (χ0n) is 20.2. The molecule has 0 aromatic heterocycles. The number of aliphatic hydroxyl groups is 2. The summed E-state index contributed by atoms with van der Waals surface area (Å²) in [6, 6.07) is 9.54. The predicted molar refractivity (Wildman–Crippen MR) is 130 cm³/mol. The molecule has 1 aromatic rings. The number of sulfonamides is 1. The van der Waals surface area contributed by atoms with Gasteiger partial charge in [0.15, 0.2) is 0 Å². The maximum absolute atomic E-state index is 13.0. The van der Waals surface area contributed by atoms with Gasteiger partial charge in [-0.15, -0.1) is 0 Å². The van der Waals surface area contributed by atoms with E-state index in [-0.39, 0.29) is 29.2 Å². The third-order valence-electron chi connectivity index (χ3n) is 10.7. The standard InChI is InChI=1S/C27H41NO4S/c1-25-13-10-21(29)16-20(25)8-9-22-23(25)11-14-26(2)24(22)12-15-27(26,30)18-33(31,32)28-17-19-6-4-3-5-7-19/h3-7,20-24,28-30H,8-18H2,1-2H3/t20-,21-,22+,23-,24-,25-,26-,27+/m0/s1. The molecular weight excluding hydrogens is 434 g/mol. The lowest BCUT2D eigenvalue weighted by Gasteiger charge is -2.61. The smallest absolute Gasteiger partial charge is 0.214 e. The summed E-state index contributed by atoms with van der Waals surface area (Å²) in [7, 11) is -3.60. The van der Waals surface area contributed by atoms with Crippen LogP contribution in [0.5, 0.6) is 0 Å². The van der Waals surface area contributed by atoms with Crippen LogP contribution < -0.4 is 4.72 Å². The molecule has 8 atom stereocenters. The van der Waals surface area contributed by atoms with Crippen molar-refractivity contribution >= 4 is 10.0 Å². The summed E-state index contributed by atoms with van der Waals surface area (Å²) >= 11 is 0. The van der Waals surface area contributed by atoms with Crippen molar-refractivity contribution in [3.05, 3.63) is 35.9 Å². The molecule has 4 aliphatic rings. The molecular formula is C27H41NO4S. The first-order valence-electron chi connectivity index (χ1n) is 13.0. The van der Waals surface area contributed by atoms with Crippen LogP contribution in [0.25, 0.3) is 0 Å². The van der Waals surface area contributed by atoms with Gasteiger partial charge in [-0.25, -0.2) is 13.1 Å². The molecule has 6 heteroatoms. The van der Waals surface area contributed by atoms with E-state index in [1.54, 1.807) is 0 Å². The highest BCUT2D eigenvalue weighted by Crippen LogP contribution is 2.68. The molecule has 1 aromatic carbocycles. The molecule has 0 amide bonds. The fourth-order valence-corrected chi connectivity index (χ4v) is 10.3. The number of hydrogen-bond acceptors (Lipinski definition) is 4. The van der Waals surface area contributed by atoms with E-state index >= 15 is 0 Å². The molecule has 0 spiro atoms. The van der Waals surface area contributed by atoms with E-state index in [2.05, 4.69) is 18.6 Å². The van der Waals surface area contributed by atoms with Crippen LogP contribution in [-0.2, 0) is 16.6 Å². The van der Waals surface area contributed by atoms with Gasteiger partial charge in [0.25, 0.3) is 0 Å². The van der Waals surface area contributed by atoms with E-state index in [1.165, 1.54) is 0 Å². The van der Waals surface area contributed by atoms with E-state index in [4.69, 9.17) is 0 Å². The molecule has 3 N–H and O–H groups in total. The largest absolute Gasteiger partial charge is 0.393 e. The summed E-state index contributed by atoms with van der Waals surface area (Å²) in [5.74, 6) is 1.99. The van der Waals surface area contributed by atoms with Crippen LogP contribution in [0.3, 0.4) is 0 Å². The third kappa shape index (κ3) is 3.99. The van der Waals surface area contributed by atoms with Crippen LogP contribution in [0.4, 0.5) is 0 Å². The van der Waals surface area contributed by atoms with Gasteiger partial charge in [-0.1, -0.05) is 44.2 Å². The van der Waals surface area contributed by atoms with Crippen LogP contribution in [-0.4, -0.2) is 36.1 Å². The SMILES string of the molecule is C[C@]12CC[C@H](O)C[C@@H]1CC[C@@H]1[C@@H]2CC[C@@]2(C)[C@H]1CC[C@@]2(O)CS(=O)(=O)NCc1ccccc1. The number of hydrogen-bond donors (Lipinski definition) is 3. The molecule has 33 heavy (non-hydrogen) atoms. The molecule has 0 bridgehead atoms. The number of fused-ring (bicyclic) bond motifs is 5. The molecule has 0 radical (unpaired) electrons. The highest BCUT2D eigenvalue weighted by molar-refractivity contribution is 7.89. The lowest BCUT2D eigenvalue weighted by molar-refractivity contribution is -0.152. The van der Waals surface area contributed by atoms with Crippen LogP contribution in [0, 0.1) is 34.5 Å². The van der Waals surface area contributed by atoms with Crippen molar-refractivity contribution in [1.82, 2.24) is 4.72 Å². The average Bonchev–Trinajstić information content (AvgIpc) is 3.03. The van der Waals surface area contributed by atoms with Crippen molar-refractivity contribution in [1.29, 1.82) is 0 Å². The Labute approximate surface area is 199 Å². The Hall–Kier alpha value is -0.950. The first-order valence-corrected chi connectivity index (χ1v) is 14.6. The molecule has 5 rings (SSSR count). The number of rotatable bonds is 5. The number of aliphatic hydroxyl groups excluding tert-OH is 1. The molecule has 5 nitrogen and oxygen atoms in total. The lowest BCUT2D eigenvalue weighted by atomic mass is 9.44. The Balaban J connectivity index is 1.32. The van der Waals surface area contributed by atoms with E-state index in [0.717, 1.165) is 56.9 Å². The van der Waals surface area contributed by atoms with Gasteiger partial charge in [-0.3, -0.25) is 0 Å². The summed E-state index contributed by atoms with van der Waals surface area (Å²) in [5, 5.41) is 22.1. The van der Waals surface area contributed by atoms with Crippen molar-refractivity contribution in [3.63, 3.8) is 0 Å². The fourth-order valence-electron chi connectivity index (χ4n) is 8.74. The van der Waals surface area contributed by atoms with E-state index in [9.17, 15) is 18.6 Å². The Morgan fingerprint density at radius 3 is 2.45 bits per heavy atom. The Morgan fingerprint density at radius 1 is 0.970 bits per heavy atom. The summed E-state index contributed by atoms with van der Waals surface area (Å²) in [5.41, 5.74) is -0.321. The minimum atomic E-state index is -3.60. The minimum Gasteiger partial charge on any atom is -0.393 e. The highest BCUT2D eigenvalue weighted by atomic mass is 32.2. The van der Waals surface area contributed by atoms with Crippen LogP contribution in [0.15, 0.2) is 30.3 Å². The van der Waals surface area contributed by atoms with Crippen LogP contribution in [0.2, 0.25) is 0 Å². The second kappa shape index (κ2) is 8.32. The monoisotopic (exact) mass is 475 g/mol. The van der Waals surface area contributed by atoms with Gasteiger partial charge in [0.1, 0.15) is 0 Å². The Bertz CT molecular complexity index is 968. The topological polar surface area (TPSA) is 86.6 Å². The zero-order valence-corrected chi connectivity index (χ0v) is 21.0. The minimum absolute atomic E-state index is 0.140. The molecule has 0 heterocycles. The molecule has 4 saturated carbocycles. The van der Waals surface area contributed by atoms with E-state index in [0.29, 0.717) is 30.1 Å². The first kappa shape index (κ1) is 23.8. The quantitative estimate of drug-likeness (QED) is 0.594. The predicted octanol–water partition coefficient (Wildman–Crippen LogP) is 4.24.